The minimum Gasteiger partial charge on any atom is -0.359 e. The van der Waals surface area contributed by atoms with E-state index < -0.39 is 0 Å². The van der Waals surface area contributed by atoms with Crippen molar-refractivity contribution in [2.75, 3.05) is 0 Å². The minimum atomic E-state index is 0.487. The number of terminal acetylenes is 1. The van der Waals surface area contributed by atoms with Gasteiger partial charge in [-0.25, -0.2) is 9.97 Å². The molecule has 0 saturated carbocycles. The molecule has 0 aliphatic heterocycles. The normalized spacial score (nSPS) is 9.92. The van der Waals surface area contributed by atoms with Gasteiger partial charge in [0.25, 0.3) is 0 Å². The third kappa shape index (κ3) is 1.04. The fourth-order valence-corrected chi connectivity index (χ4v) is 1.06. The summed E-state index contributed by atoms with van der Waals surface area (Å²) in [7, 11) is 0. The zero-order chi connectivity index (χ0) is 8.39. The summed E-state index contributed by atoms with van der Waals surface area (Å²) in [5.41, 5.74) is 1.85. The zero-order valence-corrected chi connectivity index (χ0v) is 6.41. The summed E-state index contributed by atoms with van der Waals surface area (Å²) in [6, 6.07) is 1.90. The van der Waals surface area contributed by atoms with Crippen molar-refractivity contribution in [3.05, 3.63) is 24.3 Å². The van der Waals surface area contributed by atoms with Crippen LogP contribution in [0.4, 0.5) is 0 Å². The first kappa shape index (κ1) is 6.86. The molecule has 2 heterocycles. The zero-order valence-electron chi connectivity index (χ0n) is 6.41. The number of hydrogen-bond acceptors (Lipinski definition) is 2. The molecule has 0 atom stereocenters. The molecule has 0 aromatic carbocycles. The predicted octanol–water partition coefficient (Wildman–Crippen LogP) is 1.13. The summed E-state index contributed by atoms with van der Waals surface area (Å²) >= 11 is 0. The monoisotopic (exact) mass is 157 g/mol. The summed E-state index contributed by atoms with van der Waals surface area (Å²) in [5.74, 6) is 3.20. The lowest BCUT2D eigenvalue weighted by atomic mass is 10.4. The van der Waals surface area contributed by atoms with E-state index in [0.29, 0.717) is 12.2 Å². The second-order valence-corrected chi connectivity index (χ2v) is 2.44. The number of nitrogens with zero attached hydrogens (tertiary/aromatic N) is 2. The molecule has 0 radical (unpaired) electrons. The maximum atomic E-state index is 5.14. The van der Waals surface area contributed by atoms with Crippen LogP contribution in [0.2, 0.25) is 0 Å². The maximum Gasteiger partial charge on any atom is 0.140 e. The van der Waals surface area contributed by atoms with Crippen molar-refractivity contribution in [2.24, 2.45) is 0 Å². The Morgan fingerprint density at radius 3 is 3.33 bits per heavy atom. The first-order valence-corrected chi connectivity index (χ1v) is 3.62. The molecule has 2 aromatic heterocycles. The summed E-state index contributed by atoms with van der Waals surface area (Å²) in [5, 5.41) is 0. The number of aromatic amines is 1. The van der Waals surface area contributed by atoms with Crippen molar-refractivity contribution >= 4 is 11.0 Å². The SMILES string of the molecule is C#CCc1ncc2[nH]ccc2n1. The smallest absolute Gasteiger partial charge is 0.140 e. The van der Waals surface area contributed by atoms with Gasteiger partial charge in [0, 0.05) is 6.20 Å². The molecule has 0 fully saturated rings. The lowest BCUT2D eigenvalue weighted by Crippen LogP contribution is -1.91. The predicted molar refractivity (Wildman–Crippen MR) is 46.4 cm³/mol. The molecule has 2 rings (SSSR count). The number of fused-ring (bicyclic) bond motifs is 1. The second-order valence-electron chi connectivity index (χ2n) is 2.44. The Hall–Kier alpha value is -1.82. The molecule has 0 aliphatic rings. The Bertz CT molecular complexity index is 436. The number of hydrogen-bond donors (Lipinski definition) is 1. The van der Waals surface area contributed by atoms with E-state index in [1.54, 1.807) is 6.20 Å². The van der Waals surface area contributed by atoms with Crippen LogP contribution in [-0.4, -0.2) is 15.0 Å². The number of nitrogens with one attached hydrogen (secondary N) is 1. The van der Waals surface area contributed by atoms with E-state index in [-0.39, 0.29) is 0 Å². The van der Waals surface area contributed by atoms with E-state index in [1.807, 2.05) is 12.3 Å². The van der Waals surface area contributed by atoms with Crippen molar-refractivity contribution in [3.8, 4) is 12.3 Å². The van der Waals surface area contributed by atoms with E-state index in [1.165, 1.54) is 0 Å². The van der Waals surface area contributed by atoms with Crippen LogP contribution in [0.1, 0.15) is 5.82 Å². The van der Waals surface area contributed by atoms with Gasteiger partial charge in [0.15, 0.2) is 0 Å². The molecule has 3 heteroatoms. The average molecular weight is 157 g/mol. The highest BCUT2D eigenvalue weighted by Gasteiger charge is 1.97. The fourth-order valence-electron chi connectivity index (χ4n) is 1.06. The van der Waals surface area contributed by atoms with Crippen molar-refractivity contribution in [1.82, 2.24) is 15.0 Å². The van der Waals surface area contributed by atoms with Crippen molar-refractivity contribution in [3.63, 3.8) is 0 Å². The molecular formula is C9H7N3. The highest BCUT2D eigenvalue weighted by atomic mass is 14.9. The quantitative estimate of drug-likeness (QED) is 0.630. The molecule has 0 unspecified atom stereocenters. The van der Waals surface area contributed by atoms with Crippen LogP contribution in [0.25, 0.3) is 11.0 Å². The number of H-pyrrole nitrogens is 1. The van der Waals surface area contributed by atoms with Gasteiger partial charge in [0.05, 0.1) is 23.7 Å². The van der Waals surface area contributed by atoms with Crippen LogP contribution in [0.3, 0.4) is 0 Å². The van der Waals surface area contributed by atoms with Gasteiger partial charge in [-0.15, -0.1) is 6.42 Å². The van der Waals surface area contributed by atoms with E-state index >= 15 is 0 Å². The van der Waals surface area contributed by atoms with E-state index in [0.717, 1.165) is 11.0 Å². The Morgan fingerprint density at radius 1 is 1.58 bits per heavy atom. The third-order valence-corrected chi connectivity index (χ3v) is 1.61. The van der Waals surface area contributed by atoms with E-state index in [4.69, 9.17) is 6.42 Å². The first-order chi connectivity index (χ1) is 5.90. The summed E-state index contributed by atoms with van der Waals surface area (Å²) in [4.78, 5) is 11.3. The van der Waals surface area contributed by atoms with Gasteiger partial charge >= 0.3 is 0 Å². The van der Waals surface area contributed by atoms with Crippen LogP contribution in [0.15, 0.2) is 18.5 Å². The largest absolute Gasteiger partial charge is 0.359 e. The van der Waals surface area contributed by atoms with Gasteiger partial charge in [-0.3, -0.25) is 0 Å². The molecule has 2 aromatic rings. The van der Waals surface area contributed by atoms with Gasteiger partial charge < -0.3 is 4.98 Å². The Kier molecular flexibility index (Phi) is 1.52. The Balaban J connectivity index is 2.54. The summed E-state index contributed by atoms with van der Waals surface area (Å²) in [6.07, 6.45) is 9.21. The van der Waals surface area contributed by atoms with Crippen molar-refractivity contribution in [1.29, 1.82) is 0 Å². The minimum absolute atomic E-state index is 0.487. The molecule has 0 bridgehead atoms. The lowest BCUT2D eigenvalue weighted by molar-refractivity contribution is 1.03. The number of rotatable bonds is 1. The van der Waals surface area contributed by atoms with Crippen LogP contribution < -0.4 is 0 Å². The Morgan fingerprint density at radius 2 is 2.50 bits per heavy atom. The van der Waals surface area contributed by atoms with Crippen LogP contribution in [0.5, 0.6) is 0 Å². The highest BCUT2D eigenvalue weighted by Crippen LogP contribution is 2.07. The van der Waals surface area contributed by atoms with Gasteiger partial charge in [-0.2, -0.15) is 0 Å². The van der Waals surface area contributed by atoms with Crippen molar-refractivity contribution < 1.29 is 0 Å². The second kappa shape index (κ2) is 2.67. The molecule has 0 spiro atoms. The van der Waals surface area contributed by atoms with Gasteiger partial charge in [0.1, 0.15) is 5.82 Å². The lowest BCUT2D eigenvalue weighted by Gasteiger charge is -1.92. The molecular weight excluding hydrogens is 150 g/mol. The maximum absolute atomic E-state index is 5.14. The molecule has 12 heavy (non-hydrogen) atoms. The van der Waals surface area contributed by atoms with Crippen molar-refractivity contribution in [2.45, 2.75) is 6.42 Å². The molecule has 0 saturated heterocycles. The fraction of sp³-hybridized carbons (Fsp3) is 0.111. The number of aromatic nitrogens is 3. The average Bonchev–Trinajstić information content (AvgIpc) is 2.51. The summed E-state index contributed by atoms with van der Waals surface area (Å²) < 4.78 is 0. The highest BCUT2D eigenvalue weighted by molar-refractivity contribution is 5.73. The molecule has 3 nitrogen and oxygen atoms in total. The first-order valence-electron chi connectivity index (χ1n) is 3.62. The van der Waals surface area contributed by atoms with Gasteiger partial charge in [-0.1, -0.05) is 5.92 Å². The Labute approximate surface area is 69.9 Å². The van der Waals surface area contributed by atoms with E-state index in [2.05, 4.69) is 20.9 Å². The third-order valence-electron chi connectivity index (χ3n) is 1.61. The van der Waals surface area contributed by atoms with Crippen LogP contribution >= 0.6 is 0 Å². The summed E-state index contributed by atoms with van der Waals surface area (Å²) in [6.45, 7) is 0. The van der Waals surface area contributed by atoms with Gasteiger partial charge in [0.2, 0.25) is 0 Å². The molecule has 1 N–H and O–H groups in total. The standard InChI is InChI=1S/C9H7N3/c1-2-3-9-11-6-8-7(12-9)4-5-10-8/h1,4-6,10H,3H2. The molecule has 0 amide bonds. The molecule has 58 valence electrons. The van der Waals surface area contributed by atoms with Crippen LogP contribution in [0, 0.1) is 12.3 Å². The van der Waals surface area contributed by atoms with Crippen LogP contribution in [-0.2, 0) is 6.42 Å². The van der Waals surface area contributed by atoms with Gasteiger partial charge in [-0.05, 0) is 6.07 Å². The van der Waals surface area contributed by atoms with E-state index in [9.17, 15) is 0 Å². The molecule has 0 aliphatic carbocycles. The topological polar surface area (TPSA) is 41.6 Å².